The van der Waals surface area contributed by atoms with Crippen LogP contribution in [0.1, 0.15) is 17.0 Å². The minimum absolute atomic E-state index is 0.00843. The number of aryl methyl sites for hydroxylation is 1. The lowest BCUT2D eigenvalue weighted by Gasteiger charge is -2.58. The van der Waals surface area contributed by atoms with Gasteiger partial charge in [-0.2, -0.15) is 0 Å². The van der Waals surface area contributed by atoms with Gasteiger partial charge < -0.3 is 19.6 Å². The highest BCUT2D eigenvalue weighted by molar-refractivity contribution is 5.88. The number of nitrogens with zero attached hydrogens (tertiary/aromatic N) is 3. The molecule has 1 N–H and O–H groups in total. The summed E-state index contributed by atoms with van der Waals surface area (Å²) in [6.45, 7) is 5.70. The predicted octanol–water partition coefficient (Wildman–Crippen LogP) is 1.49. The minimum atomic E-state index is -0.233. The van der Waals surface area contributed by atoms with Crippen LogP contribution in [0.3, 0.4) is 0 Å². The van der Waals surface area contributed by atoms with Crippen LogP contribution in [0.25, 0.3) is 11.1 Å². The molecule has 0 bridgehead atoms. The summed E-state index contributed by atoms with van der Waals surface area (Å²) in [7, 11) is 0. The molecule has 0 unspecified atom stereocenters. The van der Waals surface area contributed by atoms with E-state index in [0.29, 0.717) is 26.3 Å². The fraction of sp³-hybridized carbons (Fsp3) is 0.462. The average molecular weight is 450 g/mol. The molecule has 3 aliphatic rings. The van der Waals surface area contributed by atoms with Crippen LogP contribution in [0.2, 0.25) is 0 Å². The number of hydrogen-bond acceptors (Lipinski definition) is 5. The third-order valence-electron chi connectivity index (χ3n) is 7.21. The van der Waals surface area contributed by atoms with E-state index < -0.39 is 0 Å². The lowest BCUT2D eigenvalue weighted by molar-refractivity contribution is -0.167. The van der Waals surface area contributed by atoms with Crippen molar-refractivity contribution in [3.8, 4) is 11.1 Å². The third-order valence-corrected chi connectivity index (χ3v) is 7.21. The lowest BCUT2D eigenvalue weighted by atomic mass is 9.73. The molecule has 174 valence electrons. The van der Waals surface area contributed by atoms with Crippen molar-refractivity contribution >= 4 is 11.8 Å². The molecule has 3 heterocycles. The Labute approximate surface area is 194 Å². The normalized spacial score (nSPS) is 25.5. The van der Waals surface area contributed by atoms with E-state index in [-0.39, 0.29) is 43.0 Å². The van der Waals surface area contributed by atoms with E-state index in [4.69, 9.17) is 4.74 Å². The summed E-state index contributed by atoms with van der Waals surface area (Å²) in [5.74, 6) is -0.0661. The quantitative estimate of drug-likeness (QED) is 0.749. The Bertz CT molecular complexity index is 1020. The zero-order valence-corrected chi connectivity index (χ0v) is 19.0. The van der Waals surface area contributed by atoms with Crippen molar-refractivity contribution in [2.45, 2.75) is 24.9 Å². The molecule has 2 aromatic rings. The summed E-state index contributed by atoms with van der Waals surface area (Å²) in [5.41, 5.74) is 4.63. The molecular weight excluding hydrogens is 418 g/mol. The number of aliphatic hydroxyl groups is 1. The molecule has 0 aromatic heterocycles. The molecule has 7 nitrogen and oxygen atoms in total. The number of ether oxygens (including phenoxy) is 1. The maximum absolute atomic E-state index is 12.9. The molecule has 3 atom stereocenters. The second kappa shape index (κ2) is 9.25. The molecular formula is C26H31N3O4. The molecule has 5 rings (SSSR count). The molecule has 3 fully saturated rings. The Kier molecular flexibility index (Phi) is 6.19. The smallest absolute Gasteiger partial charge is 0.242 e. The molecule has 3 aliphatic heterocycles. The average Bonchev–Trinajstić information content (AvgIpc) is 2.81. The van der Waals surface area contributed by atoms with Gasteiger partial charge in [-0.25, -0.2) is 0 Å². The first kappa shape index (κ1) is 22.1. The Balaban J connectivity index is 1.31. The van der Waals surface area contributed by atoms with E-state index in [1.165, 1.54) is 11.1 Å². The lowest BCUT2D eigenvalue weighted by Crippen LogP contribution is -2.73. The number of rotatable bonds is 5. The Hall–Kier alpha value is -2.74. The van der Waals surface area contributed by atoms with Crippen molar-refractivity contribution < 1.29 is 19.4 Å². The van der Waals surface area contributed by atoms with E-state index in [2.05, 4.69) is 60.4 Å². The van der Waals surface area contributed by atoms with Crippen LogP contribution in [0, 0.1) is 6.92 Å². The number of aliphatic hydroxyl groups excluding tert-OH is 1. The second-order valence-corrected chi connectivity index (χ2v) is 9.30. The molecule has 2 aromatic carbocycles. The van der Waals surface area contributed by atoms with Crippen molar-refractivity contribution in [3.05, 3.63) is 59.7 Å². The number of amides is 2. The Morgan fingerprint density at radius 1 is 1.09 bits per heavy atom. The number of carbonyl (C=O) groups excluding carboxylic acids is 2. The number of carbonyl (C=O) groups is 2. The van der Waals surface area contributed by atoms with Crippen molar-refractivity contribution in [2.24, 2.45) is 0 Å². The molecule has 0 aliphatic carbocycles. The van der Waals surface area contributed by atoms with Gasteiger partial charge in [-0.3, -0.25) is 14.5 Å². The van der Waals surface area contributed by atoms with Crippen LogP contribution in [0.4, 0.5) is 0 Å². The molecule has 33 heavy (non-hydrogen) atoms. The van der Waals surface area contributed by atoms with E-state index in [0.717, 1.165) is 24.2 Å². The van der Waals surface area contributed by atoms with E-state index in [1.54, 1.807) is 9.80 Å². The Morgan fingerprint density at radius 3 is 2.55 bits per heavy atom. The number of fused-ring (bicyclic) bond motifs is 1. The molecule has 0 radical (unpaired) electrons. The highest BCUT2D eigenvalue weighted by atomic mass is 16.5. The van der Waals surface area contributed by atoms with Crippen LogP contribution >= 0.6 is 0 Å². The van der Waals surface area contributed by atoms with E-state index >= 15 is 0 Å². The van der Waals surface area contributed by atoms with Crippen molar-refractivity contribution in [1.29, 1.82) is 0 Å². The van der Waals surface area contributed by atoms with Crippen molar-refractivity contribution in [2.75, 3.05) is 52.5 Å². The number of hydrogen-bond donors (Lipinski definition) is 1. The van der Waals surface area contributed by atoms with Crippen molar-refractivity contribution in [3.63, 3.8) is 0 Å². The van der Waals surface area contributed by atoms with Gasteiger partial charge in [0.25, 0.3) is 0 Å². The largest absolute Gasteiger partial charge is 0.394 e. The fourth-order valence-electron chi connectivity index (χ4n) is 5.46. The Morgan fingerprint density at radius 2 is 1.85 bits per heavy atom. The SMILES string of the molecule is Cc1cccc(-c2ccc([C@H]3[C@H](CO)N4C(=O)CN(C(=O)CN5CCOCC5)C[C@@H]34)cc2)c1. The van der Waals surface area contributed by atoms with Gasteiger partial charge in [0.1, 0.15) is 0 Å². The zero-order valence-electron chi connectivity index (χ0n) is 19.0. The molecule has 0 saturated carbocycles. The first-order valence-corrected chi connectivity index (χ1v) is 11.7. The third kappa shape index (κ3) is 4.28. The predicted molar refractivity (Wildman–Crippen MR) is 125 cm³/mol. The zero-order chi connectivity index (χ0) is 22.9. The summed E-state index contributed by atoms with van der Waals surface area (Å²) >= 11 is 0. The maximum atomic E-state index is 12.9. The maximum Gasteiger partial charge on any atom is 0.242 e. The fourth-order valence-corrected chi connectivity index (χ4v) is 5.46. The van der Waals surface area contributed by atoms with Gasteiger partial charge in [-0.15, -0.1) is 0 Å². The number of morpholine rings is 1. The van der Waals surface area contributed by atoms with Gasteiger partial charge in [-0.05, 0) is 23.6 Å². The summed E-state index contributed by atoms with van der Waals surface area (Å²) < 4.78 is 5.36. The van der Waals surface area contributed by atoms with Gasteiger partial charge in [0.15, 0.2) is 0 Å². The van der Waals surface area contributed by atoms with Gasteiger partial charge in [0, 0.05) is 25.6 Å². The highest BCUT2D eigenvalue weighted by Crippen LogP contribution is 2.43. The van der Waals surface area contributed by atoms with E-state index in [1.807, 2.05) is 0 Å². The monoisotopic (exact) mass is 449 g/mol. The number of benzene rings is 2. The first-order valence-electron chi connectivity index (χ1n) is 11.7. The summed E-state index contributed by atoms with van der Waals surface area (Å²) in [4.78, 5) is 31.4. The topological polar surface area (TPSA) is 73.3 Å². The van der Waals surface area contributed by atoms with Crippen LogP contribution in [-0.4, -0.2) is 96.2 Å². The highest BCUT2D eigenvalue weighted by Gasteiger charge is 2.54. The van der Waals surface area contributed by atoms with Gasteiger partial charge in [0.05, 0.1) is 45.0 Å². The van der Waals surface area contributed by atoms with Crippen LogP contribution < -0.4 is 0 Å². The standard InChI is InChI=1S/C26H31N3O4/c1-18-3-2-4-21(13-18)19-5-7-20(8-6-19)26-22-14-28(16-25(32)29(22)23(26)17-30)24(31)15-27-9-11-33-12-10-27/h2-8,13,22-23,26,30H,9-12,14-17H2,1H3/t22-,23-,26+/m0/s1. The van der Waals surface area contributed by atoms with Crippen LogP contribution in [-0.2, 0) is 14.3 Å². The van der Waals surface area contributed by atoms with Gasteiger partial charge in [-0.1, -0.05) is 54.1 Å². The summed E-state index contributed by atoms with van der Waals surface area (Å²) in [5, 5.41) is 10.0. The second-order valence-electron chi connectivity index (χ2n) is 9.30. The van der Waals surface area contributed by atoms with Gasteiger partial charge in [0.2, 0.25) is 11.8 Å². The first-order chi connectivity index (χ1) is 16.0. The summed E-state index contributed by atoms with van der Waals surface area (Å²) in [6.07, 6.45) is 0. The molecule has 2 amide bonds. The molecule has 0 spiro atoms. The molecule has 7 heteroatoms. The van der Waals surface area contributed by atoms with Gasteiger partial charge >= 0.3 is 0 Å². The van der Waals surface area contributed by atoms with Crippen LogP contribution in [0.15, 0.2) is 48.5 Å². The summed E-state index contributed by atoms with van der Waals surface area (Å²) in [6, 6.07) is 16.5. The van der Waals surface area contributed by atoms with Crippen LogP contribution in [0.5, 0.6) is 0 Å². The van der Waals surface area contributed by atoms with Crippen molar-refractivity contribution in [1.82, 2.24) is 14.7 Å². The minimum Gasteiger partial charge on any atom is -0.394 e. The molecule has 3 saturated heterocycles. The van der Waals surface area contributed by atoms with E-state index in [9.17, 15) is 14.7 Å². The number of piperazine rings is 1.